The van der Waals surface area contributed by atoms with Gasteiger partial charge in [0.05, 0.1) is 11.4 Å². The molecule has 0 radical (unpaired) electrons. The maximum Gasteiger partial charge on any atom is 0.267 e. The Hall–Kier alpha value is -2.83. The summed E-state index contributed by atoms with van der Waals surface area (Å²) in [6.07, 6.45) is 3.12. The van der Waals surface area contributed by atoms with Crippen LogP contribution in [0.5, 0.6) is 0 Å². The molecule has 0 saturated heterocycles. The van der Waals surface area contributed by atoms with Gasteiger partial charge in [0, 0.05) is 26.2 Å². The molecule has 1 aliphatic heterocycles. The van der Waals surface area contributed by atoms with E-state index in [1.807, 2.05) is 36.4 Å². The molecule has 0 spiro atoms. The van der Waals surface area contributed by atoms with Crippen LogP contribution in [0.15, 0.2) is 54.6 Å². The van der Waals surface area contributed by atoms with Crippen molar-refractivity contribution < 1.29 is 10.0 Å². The van der Waals surface area contributed by atoms with Crippen LogP contribution in [0.3, 0.4) is 0 Å². The lowest BCUT2D eigenvalue weighted by atomic mass is 10.1. The number of nitrogens with zero attached hydrogens (tertiary/aromatic N) is 1. The van der Waals surface area contributed by atoms with Gasteiger partial charge in [-0.3, -0.25) is 10.0 Å². The molecule has 1 unspecified atom stereocenters. The summed E-state index contributed by atoms with van der Waals surface area (Å²) in [5.41, 5.74) is 5.88. The quantitative estimate of drug-likeness (QED) is 0.369. The molecule has 0 fully saturated rings. The van der Waals surface area contributed by atoms with E-state index in [1.165, 1.54) is 11.6 Å². The van der Waals surface area contributed by atoms with Gasteiger partial charge in [-0.25, -0.2) is 5.48 Å². The Balaban J connectivity index is 1.59. The SMILES string of the molecule is CN1c2ccc(C=CC(=O)NO)cc2NC1CNCc1ccccc1. The molecular weight excluding hydrogens is 316 g/mol. The van der Waals surface area contributed by atoms with Crippen LogP contribution < -0.4 is 21.0 Å². The zero-order chi connectivity index (χ0) is 17.6. The van der Waals surface area contributed by atoms with Gasteiger partial charge < -0.3 is 15.5 Å². The van der Waals surface area contributed by atoms with E-state index in [0.29, 0.717) is 0 Å². The van der Waals surface area contributed by atoms with E-state index in [2.05, 4.69) is 34.7 Å². The number of rotatable bonds is 6. The second kappa shape index (κ2) is 7.83. The minimum Gasteiger partial charge on any atom is -0.362 e. The fraction of sp³-hybridized carbons (Fsp3) is 0.211. The van der Waals surface area contributed by atoms with E-state index in [9.17, 15) is 4.79 Å². The number of nitrogens with one attached hydrogen (secondary N) is 3. The van der Waals surface area contributed by atoms with Gasteiger partial charge in [0.25, 0.3) is 5.91 Å². The summed E-state index contributed by atoms with van der Waals surface area (Å²) >= 11 is 0. The van der Waals surface area contributed by atoms with Crippen LogP contribution in [0.25, 0.3) is 6.08 Å². The minimum atomic E-state index is -0.548. The van der Waals surface area contributed by atoms with Crippen molar-refractivity contribution in [1.29, 1.82) is 0 Å². The van der Waals surface area contributed by atoms with Crippen molar-refractivity contribution in [2.24, 2.45) is 0 Å². The largest absolute Gasteiger partial charge is 0.362 e. The van der Waals surface area contributed by atoms with E-state index in [-0.39, 0.29) is 6.17 Å². The van der Waals surface area contributed by atoms with Gasteiger partial charge in [-0.2, -0.15) is 0 Å². The van der Waals surface area contributed by atoms with Crippen molar-refractivity contribution in [2.45, 2.75) is 12.7 Å². The zero-order valence-electron chi connectivity index (χ0n) is 14.1. The molecule has 130 valence electrons. The minimum absolute atomic E-state index is 0.165. The van der Waals surface area contributed by atoms with Crippen molar-refractivity contribution in [2.75, 3.05) is 23.8 Å². The maximum atomic E-state index is 11.1. The highest BCUT2D eigenvalue weighted by Crippen LogP contribution is 2.34. The average molecular weight is 338 g/mol. The van der Waals surface area contributed by atoms with Crippen molar-refractivity contribution in [3.05, 3.63) is 65.7 Å². The van der Waals surface area contributed by atoms with E-state index >= 15 is 0 Å². The van der Waals surface area contributed by atoms with Crippen LogP contribution in [0.1, 0.15) is 11.1 Å². The van der Waals surface area contributed by atoms with Gasteiger partial charge in [-0.15, -0.1) is 0 Å². The third-order valence-electron chi connectivity index (χ3n) is 4.24. The monoisotopic (exact) mass is 338 g/mol. The fourth-order valence-electron chi connectivity index (χ4n) is 2.87. The number of anilines is 2. The molecule has 1 heterocycles. The topological polar surface area (TPSA) is 76.6 Å². The number of benzene rings is 2. The summed E-state index contributed by atoms with van der Waals surface area (Å²) in [5, 5.41) is 15.5. The predicted octanol–water partition coefficient (Wildman–Crippen LogP) is 2.18. The standard InChI is InChI=1S/C19H22N4O2/c1-23-17-9-7-14(8-10-19(24)22-25)11-16(17)21-18(23)13-20-12-15-5-3-2-4-6-15/h2-11,18,20-21,25H,12-13H2,1H3,(H,22,24). The smallest absolute Gasteiger partial charge is 0.267 e. The van der Waals surface area contributed by atoms with Crippen molar-refractivity contribution in [3.8, 4) is 0 Å². The van der Waals surface area contributed by atoms with Gasteiger partial charge in [-0.1, -0.05) is 36.4 Å². The molecule has 3 rings (SSSR count). The van der Waals surface area contributed by atoms with E-state index < -0.39 is 5.91 Å². The molecular formula is C19H22N4O2. The van der Waals surface area contributed by atoms with E-state index in [1.54, 1.807) is 11.6 Å². The molecule has 2 aromatic carbocycles. The lowest BCUT2D eigenvalue weighted by molar-refractivity contribution is -0.124. The highest BCUT2D eigenvalue weighted by atomic mass is 16.5. The Bertz CT molecular complexity index is 761. The highest BCUT2D eigenvalue weighted by molar-refractivity contribution is 5.91. The lowest BCUT2D eigenvalue weighted by Crippen LogP contribution is -2.41. The van der Waals surface area contributed by atoms with E-state index in [4.69, 9.17) is 5.21 Å². The first-order chi connectivity index (χ1) is 12.2. The number of fused-ring (bicyclic) bond motifs is 1. The third kappa shape index (κ3) is 4.17. The molecule has 1 atom stereocenters. The Morgan fingerprint density at radius 2 is 2.08 bits per heavy atom. The van der Waals surface area contributed by atoms with Gasteiger partial charge in [-0.05, 0) is 29.3 Å². The Morgan fingerprint density at radius 3 is 2.84 bits per heavy atom. The van der Waals surface area contributed by atoms with Gasteiger partial charge in [0.1, 0.15) is 6.17 Å². The Morgan fingerprint density at radius 1 is 1.28 bits per heavy atom. The summed E-state index contributed by atoms with van der Waals surface area (Å²) in [5.74, 6) is -0.548. The normalized spacial score (nSPS) is 15.9. The number of hydrogen-bond donors (Lipinski definition) is 4. The van der Waals surface area contributed by atoms with Crippen LogP contribution in [0.2, 0.25) is 0 Å². The van der Waals surface area contributed by atoms with Crippen molar-refractivity contribution >= 4 is 23.4 Å². The summed E-state index contributed by atoms with van der Waals surface area (Å²) in [7, 11) is 2.06. The van der Waals surface area contributed by atoms with Crippen LogP contribution in [0.4, 0.5) is 11.4 Å². The summed E-state index contributed by atoms with van der Waals surface area (Å²) < 4.78 is 0. The van der Waals surface area contributed by atoms with Crippen LogP contribution in [0, 0.1) is 0 Å². The third-order valence-corrected chi connectivity index (χ3v) is 4.24. The lowest BCUT2D eigenvalue weighted by Gasteiger charge is -2.22. The van der Waals surface area contributed by atoms with Crippen molar-refractivity contribution in [3.63, 3.8) is 0 Å². The number of hydroxylamine groups is 1. The summed E-state index contributed by atoms with van der Waals surface area (Å²) in [6.45, 7) is 1.63. The molecule has 1 aliphatic rings. The summed E-state index contributed by atoms with van der Waals surface area (Å²) in [4.78, 5) is 13.3. The van der Waals surface area contributed by atoms with Crippen molar-refractivity contribution in [1.82, 2.24) is 10.8 Å². The Kier molecular flexibility index (Phi) is 5.33. The fourth-order valence-corrected chi connectivity index (χ4v) is 2.87. The average Bonchev–Trinajstić information content (AvgIpc) is 2.96. The number of hydrogen-bond acceptors (Lipinski definition) is 5. The molecule has 25 heavy (non-hydrogen) atoms. The Labute approximate surface area is 147 Å². The van der Waals surface area contributed by atoms with Gasteiger partial charge in [0.2, 0.25) is 0 Å². The van der Waals surface area contributed by atoms with Gasteiger partial charge in [0.15, 0.2) is 0 Å². The maximum absolute atomic E-state index is 11.1. The second-order valence-electron chi connectivity index (χ2n) is 5.97. The zero-order valence-corrected chi connectivity index (χ0v) is 14.1. The first-order valence-electron chi connectivity index (χ1n) is 8.17. The predicted molar refractivity (Wildman–Crippen MR) is 99.4 cm³/mol. The van der Waals surface area contributed by atoms with Crippen LogP contribution in [-0.2, 0) is 11.3 Å². The number of amides is 1. The molecule has 0 aromatic heterocycles. The molecule has 0 bridgehead atoms. The molecule has 6 nitrogen and oxygen atoms in total. The summed E-state index contributed by atoms with van der Waals surface area (Å²) in [6, 6.07) is 16.3. The molecule has 2 aromatic rings. The molecule has 1 amide bonds. The highest BCUT2D eigenvalue weighted by Gasteiger charge is 2.25. The molecule has 0 saturated carbocycles. The number of likely N-dealkylation sites (N-methyl/N-ethyl adjacent to an activating group) is 1. The van der Waals surface area contributed by atoms with Crippen LogP contribution >= 0.6 is 0 Å². The number of carbonyl (C=O) groups is 1. The number of carbonyl (C=O) groups excluding carboxylic acids is 1. The second-order valence-corrected chi connectivity index (χ2v) is 5.97. The molecule has 4 N–H and O–H groups in total. The van der Waals surface area contributed by atoms with Gasteiger partial charge >= 0.3 is 0 Å². The first kappa shape index (κ1) is 17.0. The van der Waals surface area contributed by atoms with E-state index in [0.717, 1.165) is 30.0 Å². The van der Waals surface area contributed by atoms with Crippen LogP contribution in [-0.4, -0.2) is 30.9 Å². The molecule has 6 heteroatoms. The molecule has 0 aliphatic carbocycles. The first-order valence-corrected chi connectivity index (χ1v) is 8.17.